The summed E-state index contributed by atoms with van der Waals surface area (Å²) in [6, 6.07) is 9.60. The zero-order valence-electron chi connectivity index (χ0n) is 12.6. The average Bonchev–Trinajstić information content (AvgIpc) is 2.49. The molecule has 0 bridgehead atoms. The Bertz CT molecular complexity index is 392. The fourth-order valence-corrected chi connectivity index (χ4v) is 3.06. The molecule has 1 fully saturated rings. The highest BCUT2D eigenvalue weighted by atomic mass is 35.5. The molecule has 1 heterocycles. The van der Waals surface area contributed by atoms with Crippen LogP contribution in [0.5, 0.6) is 0 Å². The molecule has 0 saturated carbocycles. The first-order valence-corrected chi connectivity index (χ1v) is 8.27. The van der Waals surface area contributed by atoms with Gasteiger partial charge in [0.25, 0.3) is 0 Å². The number of thioether (sulfide) groups is 1. The molecule has 0 amide bonds. The van der Waals surface area contributed by atoms with Crippen LogP contribution in [0.2, 0.25) is 0 Å². The molecule has 0 aliphatic carbocycles. The lowest BCUT2D eigenvalue weighted by molar-refractivity contribution is 0.166. The van der Waals surface area contributed by atoms with E-state index in [2.05, 4.69) is 47.3 Å². The molecule has 1 N–H and O–H groups in total. The van der Waals surface area contributed by atoms with Crippen LogP contribution in [0.15, 0.2) is 41.8 Å². The minimum Gasteiger partial charge on any atom is -0.314 e. The summed E-state index contributed by atoms with van der Waals surface area (Å²) in [5.74, 6) is 0. The normalized spacial score (nSPS) is 16.4. The standard InChI is InChI=1S/C16H24N2S.2ClH/c1-3-4-5-16(18-12-10-17-11-13-18)14-6-8-15(19-2)9-7-14;;/h3,6-9,16-17H,1,4-5,10-13H2,2H3;2*1H/t16-;;/m1../s1. The highest BCUT2D eigenvalue weighted by Crippen LogP contribution is 2.27. The topological polar surface area (TPSA) is 15.3 Å². The van der Waals surface area contributed by atoms with Crippen molar-refractivity contribution in [1.82, 2.24) is 10.2 Å². The number of allylic oxidation sites excluding steroid dienone is 1. The zero-order chi connectivity index (χ0) is 13.5. The van der Waals surface area contributed by atoms with E-state index in [1.807, 2.05) is 6.08 Å². The predicted octanol–water partition coefficient (Wildman–Crippen LogP) is 4.16. The Hall–Kier alpha value is -0.190. The number of hydrogen-bond donors (Lipinski definition) is 1. The van der Waals surface area contributed by atoms with E-state index in [9.17, 15) is 0 Å². The second kappa shape index (κ2) is 11.4. The minimum absolute atomic E-state index is 0. The van der Waals surface area contributed by atoms with Crippen molar-refractivity contribution in [3.63, 3.8) is 0 Å². The van der Waals surface area contributed by atoms with Gasteiger partial charge in [0.15, 0.2) is 0 Å². The second-order valence-electron chi connectivity index (χ2n) is 4.94. The van der Waals surface area contributed by atoms with Gasteiger partial charge >= 0.3 is 0 Å². The molecular formula is C16H26Cl2N2S. The molecule has 1 saturated heterocycles. The van der Waals surface area contributed by atoms with Gasteiger partial charge in [-0.05, 0) is 36.8 Å². The van der Waals surface area contributed by atoms with Gasteiger partial charge in [0.2, 0.25) is 0 Å². The average molecular weight is 349 g/mol. The van der Waals surface area contributed by atoms with Crippen molar-refractivity contribution >= 4 is 36.6 Å². The molecular weight excluding hydrogens is 323 g/mol. The van der Waals surface area contributed by atoms with E-state index in [0.717, 1.165) is 32.6 Å². The maximum atomic E-state index is 3.86. The number of piperazine rings is 1. The Morgan fingerprint density at radius 2 is 1.86 bits per heavy atom. The maximum absolute atomic E-state index is 3.86. The van der Waals surface area contributed by atoms with Crippen LogP contribution in [0.25, 0.3) is 0 Å². The summed E-state index contributed by atoms with van der Waals surface area (Å²) in [5.41, 5.74) is 1.45. The van der Waals surface area contributed by atoms with E-state index in [1.165, 1.54) is 16.9 Å². The van der Waals surface area contributed by atoms with Gasteiger partial charge in [-0.1, -0.05) is 18.2 Å². The SMILES string of the molecule is C=CCC[C@H](c1ccc(SC)cc1)N1CCNCC1.Cl.Cl. The smallest absolute Gasteiger partial charge is 0.0352 e. The van der Waals surface area contributed by atoms with Crippen molar-refractivity contribution in [1.29, 1.82) is 0 Å². The lowest BCUT2D eigenvalue weighted by Gasteiger charge is -2.35. The van der Waals surface area contributed by atoms with Gasteiger partial charge in [-0.15, -0.1) is 43.2 Å². The molecule has 0 radical (unpaired) electrons. The van der Waals surface area contributed by atoms with Crippen LogP contribution in [-0.4, -0.2) is 37.3 Å². The van der Waals surface area contributed by atoms with E-state index in [4.69, 9.17) is 0 Å². The van der Waals surface area contributed by atoms with Crippen molar-refractivity contribution in [3.8, 4) is 0 Å². The van der Waals surface area contributed by atoms with Gasteiger partial charge in [-0.25, -0.2) is 0 Å². The van der Waals surface area contributed by atoms with E-state index >= 15 is 0 Å². The highest BCUT2D eigenvalue weighted by molar-refractivity contribution is 7.98. The molecule has 1 aliphatic heterocycles. The summed E-state index contributed by atoms with van der Waals surface area (Å²) in [4.78, 5) is 3.94. The van der Waals surface area contributed by atoms with E-state index in [0.29, 0.717) is 6.04 Å². The monoisotopic (exact) mass is 348 g/mol. The molecule has 0 aromatic heterocycles. The second-order valence-corrected chi connectivity index (χ2v) is 5.82. The molecule has 0 spiro atoms. The molecule has 1 atom stereocenters. The third-order valence-corrected chi connectivity index (χ3v) is 4.48. The Labute approximate surface area is 145 Å². The van der Waals surface area contributed by atoms with Gasteiger partial charge in [0, 0.05) is 37.1 Å². The maximum Gasteiger partial charge on any atom is 0.0352 e. The summed E-state index contributed by atoms with van der Waals surface area (Å²) < 4.78 is 0. The van der Waals surface area contributed by atoms with Crippen LogP contribution < -0.4 is 5.32 Å². The Morgan fingerprint density at radius 3 is 2.38 bits per heavy atom. The van der Waals surface area contributed by atoms with Gasteiger partial charge in [0.05, 0.1) is 0 Å². The van der Waals surface area contributed by atoms with Gasteiger partial charge < -0.3 is 5.32 Å². The van der Waals surface area contributed by atoms with Crippen molar-refractivity contribution in [2.24, 2.45) is 0 Å². The Kier molecular flexibility index (Phi) is 11.3. The number of halogens is 2. The van der Waals surface area contributed by atoms with Gasteiger partial charge in [-0.2, -0.15) is 0 Å². The molecule has 1 aromatic rings. The zero-order valence-corrected chi connectivity index (χ0v) is 15.0. The van der Waals surface area contributed by atoms with Gasteiger partial charge in [0.1, 0.15) is 0 Å². The number of nitrogens with zero attached hydrogens (tertiary/aromatic N) is 1. The Balaban J connectivity index is 0.00000200. The van der Waals surface area contributed by atoms with Crippen LogP contribution in [0.4, 0.5) is 0 Å². The molecule has 120 valence electrons. The van der Waals surface area contributed by atoms with Crippen molar-refractivity contribution in [2.45, 2.75) is 23.8 Å². The molecule has 21 heavy (non-hydrogen) atoms. The summed E-state index contributed by atoms with van der Waals surface area (Å²) in [6.07, 6.45) is 6.41. The number of hydrogen-bond acceptors (Lipinski definition) is 3. The molecule has 1 aliphatic rings. The number of nitrogens with one attached hydrogen (secondary N) is 1. The van der Waals surface area contributed by atoms with Crippen LogP contribution >= 0.6 is 36.6 Å². The summed E-state index contributed by atoms with van der Waals surface area (Å²) >= 11 is 1.80. The predicted molar refractivity (Wildman–Crippen MR) is 99.3 cm³/mol. The third-order valence-electron chi connectivity index (χ3n) is 3.74. The first-order valence-electron chi connectivity index (χ1n) is 7.04. The molecule has 0 unspecified atom stereocenters. The lowest BCUT2D eigenvalue weighted by atomic mass is 9.99. The fraction of sp³-hybridized carbons (Fsp3) is 0.500. The van der Waals surface area contributed by atoms with E-state index in [1.54, 1.807) is 11.8 Å². The molecule has 2 nitrogen and oxygen atoms in total. The number of rotatable bonds is 6. The van der Waals surface area contributed by atoms with Crippen LogP contribution in [0.1, 0.15) is 24.4 Å². The quantitative estimate of drug-likeness (QED) is 0.613. The van der Waals surface area contributed by atoms with Crippen LogP contribution in [0.3, 0.4) is 0 Å². The summed E-state index contributed by atoms with van der Waals surface area (Å²) in [5, 5.41) is 3.43. The molecule has 2 rings (SSSR count). The van der Waals surface area contributed by atoms with Crippen LogP contribution in [0, 0.1) is 0 Å². The van der Waals surface area contributed by atoms with Crippen LogP contribution in [-0.2, 0) is 0 Å². The van der Waals surface area contributed by atoms with Crippen molar-refractivity contribution < 1.29 is 0 Å². The first kappa shape index (κ1) is 20.8. The van der Waals surface area contributed by atoms with E-state index < -0.39 is 0 Å². The summed E-state index contributed by atoms with van der Waals surface area (Å²) in [7, 11) is 0. The number of benzene rings is 1. The lowest BCUT2D eigenvalue weighted by Crippen LogP contribution is -2.45. The Morgan fingerprint density at radius 1 is 1.24 bits per heavy atom. The third kappa shape index (κ3) is 6.21. The van der Waals surface area contributed by atoms with E-state index in [-0.39, 0.29) is 24.8 Å². The molecule has 1 aromatic carbocycles. The van der Waals surface area contributed by atoms with Gasteiger partial charge in [-0.3, -0.25) is 4.90 Å². The fourth-order valence-electron chi connectivity index (χ4n) is 2.66. The largest absolute Gasteiger partial charge is 0.314 e. The molecule has 5 heteroatoms. The highest BCUT2D eigenvalue weighted by Gasteiger charge is 2.21. The van der Waals surface area contributed by atoms with Crippen molar-refractivity contribution in [3.05, 3.63) is 42.5 Å². The summed E-state index contributed by atoms with van der Waals surface area (Å²) in [6.45, 7) is 8.36. The van der Waals surface area contributed by atoms with Crippen molar-refractivity contribution in [2.75, 3.05) is 32.4 Å². The minimum atomic E-state index is 0. The first-order chi connectivity index (χ1) is 9.35.